The van der Waals surface area contributed by atoms with Gasteiger partial charge in [0.25, 0.3) is 0 Å². The SMILES string of the molecule is CCNC(Cc1ccccc1Cl)C(C)(C)CC. The summed E-state index contributed by atoms with van der Waals surface area (Å²) < 4.78 is 0. The Morgan fingerprint density at radius 3 is 2.41 bits per heavy atom. The predicted octanol–water partition coefficient (Wildman–Crippen LogP) is 4.30. The van der Waals surface area contributed by atoms with Crippen LogP contribution in [0.1, 0.15) is 39.7 Å². The van der Waals surface area contributed by atoms with E-state index in [0.717, 1.165) is 24.4 Å². The van der Waals surface area contributed by atoms with Crippen molar-refractivity contribution in [1.29, 1.82) is 0 Å². The highest BCUT2D eigenvalue weighted by molar-refractivity contribution is 6.31. The molecule has 0 radical (unpaired) electrons. The molecule has 1 N–H and O–H groups in total. The van der Waals surface area contributed by atoms with Crippen molar-refractivity contribution in [3.05, 3.63) is 34.9 Å². The number of likely N-dealkylation sites (N-methyl/N-ethyl adjacent to an activating group) is 1. The molecule has 17 heavy (non-hydrogen) atoms. The lowest BCUT2D eigenvalue weighted by Crippen LogP contribution is -2.43. The minimum Gasteiger partial charge on any atom is -0.313 e. The number of halogens is 1. The molecule has 1 aromatic carbocycles. The van der Waals surface area contributed by atoms with Crippen LogP contribution in [-0.4, -0.2) is 12.6 Å². The first-order valence-electron chi connectivity index (χ1n) is 6.48. The van der Waals surface area contributed by atoms with Crippen molar-refractivity contribution in [3.63, 3.8) is 0 Å². The molecule has 1 aromatic rings. The molecule has 0 saturated carbocycles. The summed E-state index contributed by atoms with van der Waals surface area (Å²) in [6, 6.07) is 8.61. The molecule has 0 saturated heterocycles. The van der Waals surface area contributed by atoms with Gasteiger partial charge in [0, 0.05) is 11.1 Å². The Morgan fingerprint density at radius 2 is 1.88 bits per heavy atom. The van der Waals surface area contributed by atoms with E-state index >= 15 is 0 Å². The minimum absolute atomic E-state index is 0.287. The molecule has 2 heteroatoms. The second kappa shape index (κ2) is 6.42. The maximum absolute atomic E-state index is 6.23. The van der Waals surface area contributed by atoms with E-state index < -0.39 is 0 Å². The minimum atomic E-state index is 0.287. The number of rotatable bonds is 6. The van der Waals surface area contributed by atoms with E-state index in [1.54, 1.807) is 0 Å². The van der Waals surface area contributed by atoms with Gasteiger partial charge in [-0.3, -0.25) is 0 Å². The van der Waals surface area contributed by atoms with Crippen LogP contribution in [0.2, 0.25) is 5.02 Å². The van der Waals surface area contributed by atoms with Crippen LogP contribution in [0.4, 0.5) is 0 Å². The Kier molecular flexibility index (Phi) is 5.48. The average Bonchev–Trinajstić information content (AvgIpc) is 2.31. The summed E-state index contributed by atoms with van der Waals surface area (Å²) >= 11 is 6.23. The van der Waals surface area contributed by atoms with Crippen molar-refractivity contribution in [1.82, 2.24) is 5.32 Å². The van der Waals surface area contributed by atoms with Gasteiger partial charge in [0.1, 0.15) is 0 Å². The molecule has 1 atom stereocenters. The Balaban J connectivity index is 2.84. The largest absolute Gasteiger partial charge is 0.313 e. The molecule has 1 nitrogen and oxygen atoms in total. The summed E-state index contributed by atoms with van der Waals surface area (Å²) in [5.74, 6) is 0. The molecule has 1 rings (SSSR count). The lowest BCUT2D eigenvalue weighted by atomic mass is 9.79. The smallest absolute Gasteiger partial charge is 0.0438 e. The van der Waals surface area contributed by atoms with Crippen LogP contribution in [0.25, 0.3) is 0 Å². The zero-order chi connectivity index (χ0) is 12.9. The maximum Gasteiger partial charge on any atom is 0.0438 e. The summed E-state index contributed by atoms with van der Waals surface area (Å²) in [5, 5.41) is 4.47. The average molecular weight is 254 g/mol. The summed E-state index contributed by atoms with van der Waals surface area (Å²) in [6.45, 7) is 10.0. The van der Waals surface area contributed by atoms with Crippen LogP contribution < -0.4 is 5.32 Å². The third kappa shape index (κ3) is 4.01. The molecule has 0 heterocycles. The second-order valence-electron chi connectivity index (χ2n) is 5.25. The normalized spacial score (nSPS) is 13.7. The maximum atomic E-state index is 6.23. The van der Waals surface area contributed by atoms with Crippen molar-refractivity contribution in [2.45, 2.75) is 46.6 Å². The van der Waals surface area contributed by atoms with Gasteiger partial charge in [-0.15, -0.1) is 0 Å². The Morgan fingerprint density at radius 1 is 1.24 bits per heavy atom. The lowest BCUT2D eigenvalue weighted by molar-refractivity contribution is 0.233. The molecule has 0 amide bonds. The highest BCUT2D eigenvalue weighted by Gasteiger charge is 2.27. The van der Waals surface area contributed by atoms with Gasteiger partial charge in [0.2, 0.25) is 0 Å². The number of hydrogen-bond donors (Lipinski definition) is 1. The van der Waals surface area contributed by atoms with Crippen LogP contribution in [0.5, 0.6) is 0 Å². The van der Waals surface area contributed by atoms with Crippen LogP contribution in [0.3, 0.4) is 0 Å². The zero-order valence-electron chi connectivity index (χ0n) is 11.4. The summed E-state index contributed by atoms with van der Waals surface area (Å²) in [6.07, 6.45) is 2.16. The van der Waals surface area contributed by atoms with Crippen molar-refractivity contribution < 1.29 is 0 Å². The van der Waals surface area contributed by atoms with Crippen LogP contribution in [0, 0.1) is 5.41 Å². The zero-order valence-corrected chi connectivity index (χ0v) is 12.1. The summed E-state index contributed by atoms with van der Waals surface area (Å²) in [4.78, 5) is 0. The molecule has 0 fully saturated rings. The fourth-order valence-corrected chi connectivity index (χ4v) is 2.21. The first kappa shape index (κ1) is 14.5. The first-order chi connectivity index (χ1) is 8.01. The predicted molar refractivity (Wildman–Crippen MR) is 76.7 cm³/mol. The van der Waals surface area contributed by atoms with E-state index in [-0.39, 0.29) is 5.41 Å². The lowest BCUT2D eigenvalue weighted by Gasteiger charge is -2.34. The third-order valence-electron chi connectivity index (χ3n) is 3.69. The number of nitrogens with one attached hydrogen (secondary N) is 1. The molecule has 0 aromatic heterocycles. The monoisotopic (exact) mass is 253 g/mol. The highest BCUT2D eigenvalue weighted by Crippen LogP contribution is 2.29. The van der Waals surface area contributed by atoms with Crippen molar-refractivity contribution in [3.8, 4) is 0 Å². The number of hydrogen-bond acceptors (Lipinski definition) is 1. The Bertz CT molecular complexity index is 347. The van der Waals surface area contributed by atoms with E-state index in [1.165, 1.54) is 5.56 Å². The van der Waals surface area contributed by atoms with Crippen LogP contribution in [0.15, 0.2) is 24.3 Å². The van der Waals surface area contributed by atoms with Crippen molar-refractivity contribution in [2.75, 3.05) is 6.54 Å². The molecule has 0 aliphatic heterocycles. The van der Waals surface area contributed by atoms with Gasteiger partial charge in [-0.05, 0) is 36.4 Å². The molecule has 0 aliphatic rings. The molecule has 0 aliphatic carbocycles. The van der Waals surface area contributed by atoms with Gasteiger partial charge in [0.05, 0.1) is 0 Å². The van der Waals surface area contributed by atoms with Gasteiger partial charge in [-0.2, -0.15) is 0 Å². The fourth-order valence-electron chi connectivity index (χ4n) is 2.00. The summed E-state index contributed by atoms with van der Waals surface area (Å²) in [7, 11) is 0. The van der Waals surface area contributed by atoms with E-state index in [1.807, 2.05) is 12.1 Å². The Labute approximate surface area is 111 Å². The molecular weight excluding hydrogens is 230 g/mol. The van der Waals surface area contributed by atoms with Gasteiger partial charge < -0.3 is 5.32 Å². The molecule has 1 unspecified atom stereocenters. The van der Waals surface area contributed by atoms with Crippen molar-refractivity contribution in [2.24, 2.45) is 5.41 Å². The highest BCUT2D eigenvalue weighted by atomic mass is 35.5. The van der Waals surface area contributed by atoms with E-state index in [4.69, 9.17) is 11.6 Å². The van der Waals surface area contributed by atoms with E-state index in [9.17, 15) is 0 Å². The van der Waals surface area contributed by atoms with Crippen LogP contribution in [-0.2, 0) is 6.42 Å². The Hall–Kier alpha value is -0.530. The second-order valence-corrected chi connectivity index (χ2v) is 5.66. The molecule has 96 valence electrons. The molecular formula is C15H24ClN. The quantitative estimate of drug-likeness (QED) is 0.797. The summed E-state index contributed by atoms with van der Waals surface area (Å²) in [5.41, 5.74) is 1.52. The third-order valence-corrected chi connectivity index (χ3v) is 4.06. The topological polar surface area (TPSA) is 12.0 Å². The standard InChI is InChI=1S/C15H24ClN/c1-5-15(3,4)14(17-6-2)11-12-9-7-8-10-13(12)16/h7-10,14,17H,5-6,11H2,1-4H3. The van der Waals surface area contributed by atoms with E-state index in [2.05, 4.69) is 45.1 Å². The first-order valence-corrected chi connectivity index (χ1v) is 6.85. The van der Waals surface area contributed by atoms with Crippen molar-refractivity contribution >= 4 is 11.6 Å². The van der Waals surface area contributed by atoms with Crippen LogP contribution >= 0.6 is 11.6 Å². The van der Waals surface area contributed by atoms with Gasteiger partial charge in [-0.1, -0.05) is 57.5 Å². The van der Waals surface area contributed by atoms with Gasteiger partial charge in [-0.25, -0.2) is 0 Å². The van der Waals surface area contributed by atoms with Gasteiger partial charge in [0.15, 0.2) is 0 Å². The fraction of sp³-hybridized carbons (Fsp3) is 0.600. The van der Waals surface area contributed by atoms with Gasteiger partial charge >= 0.3 is 0 Å². The molecule has 0 bridgehead atoms. The number of benzene rings is 1. The van der Waals surface area contributed by atoms with E-state index in [0.29, 0.717) is 6.04 Å². The molecule has 0 spiro atoms.